The summed E-state index contributed by atoms with van der Waals surface area (Å²) in [6, 6.07) is 10.1. The topological polar surface area (TPSA) is 66.0 Å². The predicted molar refractivity (Wildman–Crippen MR) is 132 cm³/mol. The van der Waals surface area contributed by atoms with Crippen molar-refractivity contribution >= 4 is 17.5 Å². The highest BCUT2D eigenvalue weighted by molar-refractivity contribution is 5.72. The molecule has 6 nitrogen and oxygen atoms in total. The molecule has 1 aromatic carbocycles. The van der Waals surface area contributed by atoms with Crippen LogP contribution in [0.5, 0.6) is 0 Å². The molecule has 3 heterocycles. The summed E-state index contributed by atoms with van der Waals surface area (Å²) in [5.41, 5.74) is 4.16. The molecule has 0 saturated carbocycles. The molecule has 7 heteroatoms. The number of nitrogens with one attached hydrogen (secondary N) is 2. The second-order valence-electron chi connectivity index (χ2n) is 10.2. The van der Waals surface area contributed by atoms with Gasteiger partial charge in [-0.15, -0.1) is 0 Å². The summed E-state index contributed by atoms with van der Waals surface area (Å²) in [4.78, 5) is 15.1. The Morgan fingerprint density at radius 1 is 1.03 bits per heavy atom. The molecule has 1 fully saturated rings. The van der Waals surface area contributed by atoms with Gasteiger partial charge in [-0.3, -0.25) is 9.88 Å². The van der Waals surface area contributed by atoms with Crippen LogP contribution >= 0.6 is 0 Å². The molecule has 2 N–H and O–H groups in total. The molecule has 3 aromatic rings. The minimum absolute atomic E-state index is 0.00470. The number of nitrogens with zero attached hydrogens (tertiary/aromatic N) is 4. The second-order valence-corrected chi connectivity index (χ2v) is 10.2. The highest BCUT2D eigenvalue weighted by Crippen LogP contribution is 2.38. The Hall–Kier alpha value is -3.06. The van der Waals surface area contributed by atoms with Crippen LogP contribution in [0.15, 0.2) is 48.9 Å². The number of piperidine rings is 1. The van der Waals surface area contributed by atoms with Crippen LogP contribution in [0.25, 0.3) is 11.1 Å². The van der Waals surface area contributed by atoms with Gasteiger partial charge in [-0.2, -0.15) is 4.98 Å². The summed E-state index contributed by atoms with van der Waals surface area (Å²) in [5, 5.41) is 6.59. The molecule has 174 valence electrons. The molecule has 1 aliphatic heterocycles. The lowest BCUT2D eigenvalue weighted by Gasteiger charge is -2.53. The van der Waals surface area contributed by atoms with Crippen molar-refractivity contribution in [3.05, 3.63) is 60.3 Å². The predicted octanol–water partition coefficient (Wildman–Crippen LogP) is 5.79. The monoisotopic (exact) mass is 448 g/mol. The van der Waals surface area contributed by atoms with Gasteiger partial charge < -0.3 is 10.6 Å². The third kappa shape index (κ3) is 4.98. The van der Waals surface area contributed by atoms with E-state index >= 15 is 0 Å². The maximum Gasteiger partial charge on any atom is 0.229 e. The van der Waals surface area contributed by atoms with E-state index in [1.165, 1.54) is 6.20 Å². The molecular formula is C26H33FN6. The van der Waals surface area contributed by atoms with Gasteiger partial charge in [-0.1, -0.05) is 6.07 Å². The van der Waals surface area contributed by atoms with Crippen LogP contribution in [0.4, 0.5) is 21.8 Å². The molecule has 0 bridgehead atoms. The van der Waals surface area contributed by atoms with Crippen molar-refractivity contribution in [3.8, 4) is 11.1 Å². The minimum Gasteiger partial charge on any atom is -0.365 e. The summed E-state index contributed by atoms with van der Waals surface area (Å²) in [6.07, 6.45) is 6.57. The molecular weight excluding hydrogens is 415 g/mol. The number of hydrogen-bond donors (Lipinski definition) is 2. The number of aromatic nitrogens is 3. The van der Waals surface area contributed by atoms with Gasteiger partial charge in [0.15, 0.2) is 11.6 Å². The molecule has 33 heavy (non-hydrogen) atoms. The van der Waals surface area contributed by atoms with Gasteiger partial charge in [0.25, 0.3) is 0 Å². The maximum atomic E-state index is 14.6. The zero-order valence-electron chi connectivity index (χ0n) is 20.3. The lowest BCUT2D eigenvalue weighted by molar-refractivity contribution is -0.00778. The Morgan fingerprint density at radius 3 is 2.36 bits per heavy atom. The lowest BCUT2D eigenvalue weighted by Crippen LogP contribution is -2.61. The van der Waals surface area contributed by atoms with Crippen LogP contribution in [0, 0.1) is 12.7 Å². The molecule has 0 unspecified atom stereocenters. The first-order valence-electron chi connectivity index (χ1n) is 11.4. The van der Waals surface area contributed by atoms with Crippen LogP contribution in [-0.2, 0) is 0 Å². The normalized spacial score (nSPS) is 18.2. The zero-order chi connectivity index (χ0) is 23.8. The van der Waals surface area contributed by atoms with E-state index in [-0.39, 0.29) is 22.9 Å². The van der Waals surface area contributed by atoms with Crippen LogP contribution in [0.1, 0.15) is 46.1 Å². The molecule has 4 rings (SSSR count). The standard InChI is InChI=1S/C26H33FN6/c1-17-7-8-19(13-21(17)18-9-11-28-12-10-18)31-24-29-16-22(27)23(32-24)30-20-14-25(2,3)33(6)26(4,5)15-20/h7-13,16,20H,14-15H2,1-6H3,(H2,29,30,31,32). The molecule has 1 saturated heterocycles. The molecule has 2 aromatic heterocycles. The maximum absolute atomic E-state index is 14.6. The zero-order valence-corrected chi connectivity index (χ0v) is 20.3. The van der Waals surface area contributed by atoms with E-state index in [0.717, 1.165) is 35.2 Å². The van der Waals surface area contributed by atoms with Gasteiger partial charge in [-0.25, -0.2) is 9.37 Å². The largest absolute Gasteiger partial charge is 0.365 e. The SMILES string of the molecule is Cc1ccc(Nc2ncc(F)c(NC3CC(C)(C)N(C)C(C)(C)C3)n2)cc1-c1ccncc1. The van der Waals surface area contributed by atoms with Gasteiger partial charge in [-0.05, 0) is 95.5 Å². The van der Waals surface area contributed by atoms with E-state index in [1.54, 1.807) is 12.4 Å². The average molecular weight is 449 g/mol. The van der Waals surface area contributed by atoms with E-state index < -0.39 is 5.82 Å². The summed E-state index contributed by atoms with van der Waals surface area (Å²) < 4.78 is 14.6. The van der Waals surface area contributed by atoms with E-state index in [9.17, 15) is 4.39 Å². The van der Waals surface area contributed by atoms with E-state index in [4.69, 9.17) is 0 Å². The first kappa shape index (κ1) is 23.1. The number of rotatable bonds is 5. The summed E-state index contributed by atoms with van der Waals surface area (Å²) in [6.45, 7) is 11.0. The number of likely N-dealkylation sites (tertiary alicyclic amines) is 1. The highest BCUT2D eigenvalue weighted by atomic mass is 19.1. The van der Waals surface area contributed by atoms with Crippen LogP contribution in [0.3, 0.4) is 0 Å². The van der Waals surface area contributed by atoms with E-state index in [0.29, 0.717) is 5.95 Å². The van der Waals surface area contributed by atoms with Crippen LogP contribution in [0.2, 0.25) is 0 Å². The molecule has 0 amide bonds. The van der Waals surface area contributed by atoms with Crippen LogP contribution < -0.4 is 10.6 Å². The van der Waals surface area contributed by atoms with Gasteiger partial charge in [0, 0.05) is 35.2 Å². The number of pyridine rings is 1. The smallest absolute Gasteiger partial charge is 0.229 e. The average Bonchev–Trinajstić information content (AvgIpc) is 2.76. The quantitative estimate of drug-likeness (QED) is 0.515. The van der Waals surface area contributed by atoms with Crippen molar-refractivity contribution in [1.82, 2.24) is 19.9 Å². The molecule has 0 radical (unpaired) electrons. The van der Waals surface area contributed by atoms with Gasteiger partial charge >= 0.3 is 0 Å². The summed E-state index contributed by atoms with van der Waals surface area (Å²) in [5.74, 6) is 0.140. The Balaban J connectivity index is 1.55. The number of benzene rings is 1. The third-order valence-electron chi connectivity index (χ3n) is 6.88. The number of anilines is 3. The lowest BCUT2D eigenvalue weighted by atomic mass is 9.77. The molecule has 0 aliphatic carbocycles. The Kier molecular flexibility index (Phi) is 6.10. The minimum atomic E-state index is -0.448. The molecule has 1 aliphatic rings. The van der Waals surface area contributed by atoms with Crippen molar-refractivity contribution in [1.29, 1.82) is 0 Å². The Bertz CT molecular complexity index is 1110. The Labute approximate surface area is 195 Å². The van der Waals surface area contributed by atoms with E-state index in [1.807, 2.05) is 30.3 Å². The van der Waals surface area contributed by atoms with Crippen molar-refractivity contribution in [2.45, 2.75) is 64.6 Å². The van der Waals surface area contributed by atoms with Gasteiger partial charge in [0.1, 0.15) is 0 Å². The van der Waals surface area contributed by atoms with E-state index in [2.05, 4.69) is 72.2 Å². The number of aryl methyl sites for hydroxylation is 1. The number of halogens is 1. The second kappa shape index (κ2) is 8.71. The molecule has 0 atom stereocenters. The first-order chi connectivity index (χ1) is 15.5. The fourth-order valence-electron chi connectivity index (χ4n) is 4.87. The van der Waals surface area contributed by atoms with Crippen molar-refractivity contribution in [3.63, 3.8) is 0 Å². The van der Waals surface area contributed by atoms with Gasteiger partial charge in [0.05, 0.1) is 6.20 Å². The molecule has 0 spiro atoms. The third-order valence-corrected chi connectivity index (χ3v) is 6.88. The van der Waals surface area contributed by atoms with Gasteiger partial charge in [0.2, 0.25) is 5.95 Å². The Morgan fingerprint density at radius 2 is 1.70 bits per heavy atom. The van der Waals surface area contributed by atoms with Crippen molar-refractivity contribution < 1.29 is 4.39 Å². The number of hydrogen-bond acceptors (Lipinski definition) is 6. The first-order valence-corrected chi connectivity index (χ1v) is 11.4. The summed E-state index contributed by atoms with van der Waals surface area (Å²) in [7, 11) is 2.16. The van der Waals surface area contributed by atoms with Crippen LogP contribution in [-0.4, -0.2) is 44.0 Å². The fourth-order valence-corrected chi connectivity index (χ4v) is 4.87. The van der Waals surface area contributed by atoms with Crippen molar-refractivity contribution in [2.24, 2.45) is 0 Å². The fraction of sp³-hybridized carbons (Fsp3) is 0.423. The summed E-state index contributed by atoms with van der Waals surface area (Å²) >= 11 is 0. The van der Waals surface area contributed by atoms with Crippen molar-refractivity contribution in [2.75, 3.05) is 17.7 Å². The highest BCUT2D eigenvalue weighted by Gasteiger charge is 2.43.